The first kappa shape index (κ1) is 28.4. The molecule has 0 spiro atoms. The summed E-state index contributed by atoms with van der Waals surface area (Å²) >= 11 is 0. The van der Waals surface area contributed by atoms with Crippen molar-refractivity contribution < 1.29 is 24.9 Å². The van der Waals surface area contributed by atoms with Crippen LogP contribution in [-0.2, 0) is 16.0 Å². The van der Waals surface area contributed by atoms with Crippen LogP contribution in [0.5, 0.6) is 5.75 Å². The van der Waals surface area contributed by atoms with E-state index in [0.717, 1.165) is 55.5 Å². The number of allylic oxidation sites excluding steroid dienone is 2. The fraction of sp³-hybridized carbons (Fsp3) is 0.562. The molecule has 1 aromatic rings. The maximum absolute atomic E-state index is 14.5. The van der Waals surface area contributed by atoms with E-state index in [1.807, 2.05) is 32.0 Å². The van der Waals surface area contributed by atoms with Gasteiger partial charge in [-0.2, -0.15) is 0 Å². The number of aliphatic hydroxyl groups is 2. The van der Waals surface area contributed by atoms with Crippen LogP contribution in [0.1, 0.15) is 75.0 Å². The molecule has 0 aromatic heterocycles. The minimum Gasteiger partial charge on any atom is -0.510 e. The molecule has 3 aliphatic carbocycles. The van der Waals surface area contributed by atoms with Gasteiger partial charge in [0.15, 0.2) is 5.78 Å². The molecule has 4 aliphatic rings. The number of primary amides is 1. The fourth-order valence-electron chi connectivity index (χ4n) is 7.92. The highest BCUT2D eigenvalue weighted by Crippen LogP contribution is 2.54. The van der Waals surface area contributed by atoms with Crippen LogP contribution in [0, 0.1) is 17.8 Å². The van der Waals surface area contributed by atoms with Crippen molar-refractivity contribution in [2.45, 2.75) is 70.8 Å². The molecule has 1 heterocycles. The van der Waals surface area contributed by atoms with E-state index in [0.29, 0.717) is 41.9 Å². The van der Waals surface area contributed by atoms with Gasteiger partial charge in [-0.05, 0) is 113 Å². The molecular formula is C32H43N3O5. The Labute approximate surface area is 236 Å². The number of aromatic hydroxyl groups is 1. The number of hydrogen-bond acceptors (Lipinski definition) is 7. The number of benzene rings is 1. The number of aliphatic hydroxyl groups excluding tert-OH is 2. The highest BCUT2D eigenvalue weighted by Gasteiger charge is 2.54. The monoisotopic (exact) mass is 549 g/mol. The summed E-state index contributed by atoms with van der Waals surface area (Å²) in [7, 11) is 3.68. The quantitative estimate of drug-likeness (QED) is 0.358. The number of carbonyl (C=O) groups excluding carboxylic acids is 2. The third kappa shape index (κ3) is 4.55. The van der Waals surface area contributed by atoms with E-state index < -0.39 is 17.9 Å². The average Bonchev–Trinajstić information content (AvgIpc) is 2.91. The number of Topliss-reactive ketones (excluding diaryl/α,β-unsaturated/α-hetero) is 1. The number of ketones is 1. The lowest BCUT2D eigenvalue weighted by Crippen LogP contribution is -2.53. The number of rotatable bonds is 6. The van der Waals surface area contributed by atoms with Gasteiger partial charge in [0, 0.05) is 5.57 Å². The minimum absolute atomic E-state index is 0.0221. The van der Waals surface area contributed by atoms with Crippen molar-refractivity contribution >= 4 is 17.4 Å². The molecule has 1 aromatic carbocycles. The van der Waals surface area contributed by atoms with E-state index >= 15 is 0 Å². The number of fused-ring (bicyclic) bond motifs is 3. The van der Waals surface area contributed by atoms with Gasteiger partial charge in [0.1, 0.15) is 17.3 Å². The van der Waals surface area contributed by atoms with E-state index in [4.69, 9.17) is 5.73 Å². The topological polar surface area (TPSA) is 136 Å². The van der Waals surface area contributed by atoms with Gasteiger partial charge in [-0.1, -0.05) is 25.0 Å². The first-order valence-electron chi connectivity index (χ1n) is 14.7. The van der Waals surface area contributed by atoms with Gasteiger partial charge in [0.2, 0.25) is 0 Å². The Morgan fingerprint density at radius 2 is 1.82 bits per heavy atom. The van der Waals surface area contributed by atoms with E-state index in [2.05, 4.69) is 12.2 Å². The van der Waals surface area contributed by atoms with Crippen molar-refractivity contribution in [2.24, 2.45) is 23.5 Å². The molecule has 0 radical (unpaired) electrons. The summed E-state index contributed by atoms with van der Waals surface area (Å²) in [4.78, 5) is 29.2. The summed E-state index contributed by atoms with van der Waals surface area (Å²) in [5.74, 6) is -2.17. The van der Waals surface area contributed by atoms with Crippen molar-refractivity contribution in [3.05, 3.63) is 56.9 Å². The molecule has 2 fully saturated rings. The number of nitrogens with one attached hydrogen (secondary N) is 1. The minimum atomic E-state index is -0.750. The number of nitrogens with two attached hydrogens (primary N) is 1. The van der Waals surface area contributed by atoms with Crippen LogP contribution in [-0.4, -0.2) is 65.1 Å². The van der Waals surface area contributed by atoms with Gasteiger partial charge in [0.05, 0.1) is 23.1 Å². The van der Waals surface area contributed by atoms with Crippen LogP contribution >= 0.6 is 0 Å². The summed E-state index contributed by atoms with van der Waals surface area (Å²) in [6, 6.07) is 3.06. The molecule has 1 saturated carbocycles. The first-order chi connectivity index (χ1) is 19.1. The van der Waals surface area contributed by atoms with Gasteiger partial charge in [-0.15, -0.1) is 0 Å². The third-order valence-corrected chi connectivity index (χ3v) is 9.68. The van der Waals surface area contributed by atoms with Crippen molar-refractivity contribution in [3.63, 3.8) is 0 Å². The van der Waals surface area contributed by atoms with Gasteiger partial charge < -0.3 is 26.4 Å². The van der Waals surface area contributed by atoms with E-state index in [-0.39, 0.29) is 40.5 Å². The highest BCUT2D eigenvalue weighted by molar-refractivity contribution is 6.10. The molecule has 1 amide bonds. The van der Waals surface area contributed by atoms with Gasteiger partial charge in [0.25, 0.3) is 5.91 Å². The molecule has 4 atom stereocenters. The second-order valence-electron chi connectivity index (χ2n) is 12.3. The van der Waals surface area contributed by atoms with Crippen LogP contribution in [0.4, 0.5) is 0 Å². The summed E-state index contributed by atoms with van der Waals surface area (Å²) in [5, 5.41) is 37.5. The zero-order valence-electron chi connectivity index (χ0n) is 24.1. The predicted molar refractivity (Wildman–Crippen MR) is 155 cm³/mol. The number of nitrogens with zero attached hydrogens (tertiary/aromatic N) is 1. The summed E-state index contributed by atoms with van der Waals surface area (Å²) < 4.78 is 0. The van der Waals surface area contributed by atoms with Crippen molar-refractivity contribution in [2.75, 3.05) is 27.2 Å². The van der Waals surface area contributed by atoms with Gasteiger partial charge in [-0.25, -0.2) is 0 Å². The smallest absolute Gasteiger partial charge is 0.252 e. The zero-order chi connectivity index (χ0) is 28.9. The molecule has 5 rings (SSSR count). The van der Waals surface area contributed by atoms with Gasteiger partial charge in [-0.3, -0.25) is 14.5 Å². The maximum atomic E-state index is 14.5. The molecule has 8 heteroatoms. The lowest BCUT2D eigenvalue weighted by Gasteiger charge is -2.48. The van der Waals surface area contributed by atoms with Crippen LogP contribution in [0.25, 0.3) is 5.76 Å². The van der Waals surface area contributed by atoms with Crippen LogP contribution in [0.15, 0.2) is 40.2 Å². The molecule has 3 unspecified atom stereocenters. The van der Waals surface area contributed by atoms with Crippen LogP contribution in [0.3, 0.4) is 0 Å². The Balaban J connectivity index is 1.69. The molecular weight excluding hydrogens is 506 g/mol. The fourth-order valence-corrected chi connectivity index (χ4v) is 7.92. The molecule has 40 heavy (non-hydrogen) atoms. The number of phenols is 1. The summed E-state index contributed by atoms with van der Waals surface area (Å²) in [6.45, 7) is 5.83. The number of phenolic OH excluding ortho intramolecular Hbond substituents is 1. The lowest BCUT2D eigenvalue weighted by molar-refractivity contribution is -0.123. The number of carbonyl (C=O) groups is 2. The number of hydrogen-bond donors (Lipinski definition) is 5. The largest absolute Gasteiger partial charge is 0.510 e. The normalized spacial score (nSPS) is 28.4. The third-order valence-electron chi connectivity index (χ3n) is 9.68. The van der Waals surface area contributed by atoms with Gasteiger partial charge >= 0.3 is 0 Å². The molecule has 6 N–H and O–H groups in total. The Kier molecular flexibility index (Phi) is 7.86. The second kappa shape index (κ2) is 11.1. The maximum Gasteiger partial charge on any atom is 0.252 e. The molecule has 0 bridgehead atoms. The Bertz CT molecular complexity index is 1320. The van der Waals surface area contributed by atoms with Crippen LogP contribution < -0.4 is 11.1 Å². The SMILES string of the molecule is CCCC/C(C)=C1/C(C(N)=O)=C(O)[C@@H](N(C)C)C2CC3Cc4c(C5CCNCC5)ccc(O)c4C(O)=C3C(=O)C12. The highest BCUT2D eigenvalue weighted by atomic mass is 16.3. The zero-order valence-corrected chi connectivity index (χ0v) is 24.1. The van der Waals surface area contributed by atoms with E-state index in [1.54, 1.807) is 6.07 Å². The predicted octanol–water partition coefficient (Wildman–Crippen LogP) is 4.25. The molecule has 8 nitrogen and oxygen atoms in total. The first-order valence-corrected chi connectivity index (χ1v) is 14.7. The number of amides is 1. The summed E-state index contributed by atoms with van der Waals surface area (Å²) in [5.41, 5.74) is 10.0. The summed E-state index contributed by atoms with van der Waals surface area (Å²) in [6.07, 6.45) is 5.55. The Morgan fingerprint density at radius 3 is 2.45 bits per heavy atom. The second-order valence-corrected chi connectivity index (χ2v) is 12.3. The lowest BCUT2D eigenvalue weighted by atomic mass is 9.57. The van der Waals surface area contributed by atoms with Crippen molar-refractivity contribution in [1.29, 1.82) is 0 Å². The Hall–Kier alpha value is -3.10. The van der Waals surface area contributed by atoms with E-state index in [9.17, 15) is 24.9 Å². The standard InChI is InChI=1S/C32H43N3O5/c1-5-6-7-16(2)23-26-21(28(35(3)4)31(39)27(23)32(33)40)15-18-14-20-19(17-10-12-34-13-11-17)8-9-22(36)25(20)29(37)24(18)30(26)38/h8-9,17-18,21,26,28,34,36-37,39H,5-7,10-15H2,1-4H3,(H2,33,40)/b23-16+/t18?,21?,26?,28-/m0/s1. The van der Waals surface area contributed by atoms with Crippen LogP contribution in [0.2, 0.25) is 0 Å². The van der Waals surface area contributed by atoms with Crippen molar-refractivity contribution in [3.8, 4) is 5.75 Å². The molecule has 1 saturated heterocycles. The average molecular weight is 550 g/mol. The van der Waals surface area contributed by atoms with Crippen molar-refractivity contribution in [1.82, 2.24) is 10.2 Å². The molecule has 216 valence electrons. The number of likely N-dealkylation sites (N-methyl/N-ethyl adjacent to an activating group) is 1. The van der Waals surface area contributed by atoms with E-state index in [1.165, 1.54) is 0 Å². The number of unbranched alkanes of at least 4 members (excludes halogenated alkanes) is 1. The number of piperidine rings is 1. The Morgan fingerprint density at radius 1 is 1.12 bits per heavy atom. The molecule has 1 aliphatic heterocycles.